The lowest BCUT2D eigenvalue weighted by atomic mass is 10.1. The van der Waals surface area contributed by atoms with Crippen molar-refractivity contribution < 1.29 is 17.9 Å². The Balaban J connectivity index is 1.67. The second-order valence-corrected chi connectivity index (χ2v) is 7.47. The highest BCUT2D eigenvalue weighted by Crippen LogP contribution is 2.33. The number of rotatable bonds is 5. The molecule has 154 valence electrons. The Kier molecular flexibility index (Phi) is 5.61. The van der Waals surface area contributed by atoms with Crippen molar-refractivity contribution in [2.45, 2.75) is 26.1 Å². The van der Waals surface area contributed by atoms with Gasteiger partial charge in [-0.25, -0.2) is 4.98 Å². The maximum Gasteiger partial charge on any atom is 0.416 e. The fourth-order valence-electron chi connectivity index (χ4n) is 3.81. The van der Waals surface area contributed by atoms with E-state index in [1.807, 2.05) is 35.8 Å². The van der Waals surface area contributed by atoms with Crippen LogP contribution in [0, 0.1) is 6.92 Å². The van der Waals surface area contributed by atoms with E-state index < -0.39 is 11.7 Å². The van der Waals surface area contributed by atoms with Crippen LogP contribution in [0.4, 0.5) is 13.2 Å². The molecule has 1 fully saturated rings. The highest BCUT2D eigenvalue weighted by Gasteiger charge is 2.31. The molecule has 0 N–H and O–H groups in total. The van der Waals surface area contributed by atoms with Gasteiger partial charge in [-0.1, -0.05) is 23.8 Å². The summed E-state index contributed by atoms with van der Waals surface area (Å²) in [6.45, 7) is 6.97. The molecule has 0 spiro atoms. The van der Waals surface area contributed by atoms with E-state index in [0.717, 1.165) is 68.0 Å². The summed E-state index contributed by atoms with van der Waals surface area (Å²) in [4.78, 5) is 6.95. The summed E-state index contributed by atoms with van der Waals surface area (Å²) in [7, 11) is 0. The number of alkyl halides is 3. The third-order valence-electron chi connectivity index (χ3n) is 5.31. The quantitative estimate of drug-likeness (QED) is 0.616. The predicted octanol–water partition coefficient (Wildman–Crippen LogP) is 4.75. The monoisotopic (exact) mass is 403 g/mol. The number of fused-ring (bicyclic) bond motifs is 1. The van der Waals surface area contributed by atoms with E-state index in [9.17, 15) is 13.2 Å². The zero-order valence-corrected chi connectivity index (χ0v) is 16.4. The first-order valence-electron chi connectivity index (χ1n) is 9.86. The Hall–Kier alpha value is -2.38. The average Bonchev–Trinajstić information content (AvgIpc) is 3.06. The zero-order valence-electron chi connectivity index (χ0n) is 16.4. The van der Waals surface area contributed by atoms with Crippen molar-refractivity contribution in [1.82, 2.24) is 14.5 Å². The number of imidazole rings is 1. The van der Waals surface area contributed by atoms with E-state index in [1.165, 1.54) is 0 Å². The SMILES string of the molecule is Cc1cccc(-c2nc3cc(C(F)(F)F)ccc3n2CCCN2CCOCC2)c1. The van der Waals surface area contributed by atoms with E-state index in [2.05, 4.69) is 9.88 Å². The predicted molar refractivity (Wildman–Crippen MR) is 107 cm³/mol. The number of aryl methyl sites for hydroxylation is 2. The molecule has 7 heteroatoms. The van der Waals surface area contributed by atoms with Gasteiger partial charge in [0, 0.05) is 31.7 Å². The number of morpholine rings is 1. The van der Waals surface area contributed by atoms with E-state index in [-0.39, 0.29) is 0 Å². The van der Waals surface area contributed by atoms with Gasteiger partial charge >= 0.3 is 6.18 Å². The number of nitrogens with zero attached hydrogens (tertiary/aromatic N) is 3. The molecule has 29 heavy (non-hydrogen) atoms. The summed E-state index contributed by atoms with van der Waals surface area (Å²) in [6.07, 6.45) is -3.48. The normalized spacial score (nSPS) is 15.9. The second-order valence-electron chi connectivity index (χ2n) is 7.47. The van der Waals surface area contributed by atoms with Crippen molar-refractivity contribution in [3.8, 4) is 11.4 Å². The standard InChI is InChI=1S/C22H24F3N3O/c1-16-4-2-5-17(14-16)21-26-19-15-18(22(23,24)25)6-7-20(19)28(21)9-3-8-27-10-12-29-13-11-27/h2,4-7,14-15H,3,8-13H2,1H3. The van der Waals surface area contributed by atoms with Crippen molar-refractivity contribution in [3.05, 3.63) is 53.6 Å². The van der Waals surface area contributed by atoms with Crippen molar-refractivity contribution in [2.75, 3.05) is 32.8 Å². The van der Waals surface area contributed by atoms with E-state index >= 15 is 0 Å². The molecule has 4 rings (SSSR count). The summed E-state index contributed by atoms with van der Waals surface area (Å²) < 4.78 is 46.9. The molecule has 0 atom stereocenters. The van der Waals surface area contributed by atoms with Gasteiger partial charge in [0.2, 0.25) is 0 Å². The largest absolute Gasteiger partial charge is 0.416 e. The van der Waals surface area contributed by atoms with Gasteiger partial charge in [-0.05, 0) is 37.6 Å². The van der Waals surface area contributed by atoms with Crippen molar-refractivity contribution >= 4 is 11.0 Å². The van der Waals surface area contributed by atoms with E-state index in [0.29, 0.717) is 17.9 Å². The van der Waals surface area contributed by atoms with E-state index in [4.69, 9.17) is 4.74 Å². The summed E-state index contributed by atoms with van der Waals surface area (Å²) in [5.74, 6) is 0.713. The van der Waals surface area contributed by atoms with Crippen LogP contribution in [0.25, 0.3) is 22.4 Å². The molecule has 0 saturated carbocycles. The van der Waals surface area contributed by atoms with Gasteiger partial charge in [0.1, 0.15) is 5.82 Å². The molecule has 2 aromatic carbocycles. The third-order valence-corrected chi connectivity index (χ3v) is 5.31. The molecule has 2 heterocycles. The molecule has 3 aromatic rings. The topological polar surface area (TPSA) is 30.3 Å². The molecule has 1 aliphatic heterocycles. The summed E-state index contributed by atoms with van der Waals surface area (Å²) >= 11 is 0. The van der Waals surface area contributed by atoms with Gasteiger partial charge in [0.05, 0.1) is 29.8 Å². The average molecular weight is 403 g/mol. The molecule has 0 unspecified atom stereocenters. The summed E-state index contributed by atoms with van der Waals surface area (Å²) in [6, 6.07) is 11.7. The number of hydrogen-bond donors (Lipinski definition) is 0. The van der Waals surface area contributed by atoms with Crippen LogP contribution in [0.15, 0.2) is 42.5 Å². The summed E-state index contributed by atoms with van der Waals surface area (Å²) in [5, 5.41) is 0. The van der Waals surface area contributed by atoms with Crippen LogP contribution in [-0.2, 0) is 17.5 Å². The van der Waals surface area contributed by atoms with Crippen LogP contribution in [0.2, 0.25) is 0 Å². The molecular weight excluding hydrogens is 379 g/mol. The van der Waals surface area contributed by atoms with Crippen LogP contribution in [0.3, 0.4) is 0 Å². The fraction of sp³-hybridized carbons (Fsp3) is 0.409. The Morgan fingerprint density at radius 3 is 2.55 bits per heavy atom. The number of halogens is 3. The minimum absolute atomic E-state index is 0.378. The maximum atomic E-state index is 13.2. The minimum Gasteiger partial charge on any atom is -0.379 e. The molecule has 1 saturated heterocycles. The Labute approximate surface area is 167 Å². The van der Waals surface area contributed by atoms with Crippen LogP contribution in [-0.4, -0.2) is 47.3 Å². The number of benzene rings is 2. The van der Waals surface area contributed by atoms with Gasteiger partial charge < -0.3 is 9.30 Å². The van der Waals surface area contributed by atoms with Gasteiger partial charge in [-0.15, -0.1) is 0 Å². The molecule has 1 aliphatic rings. The van der Waals surface area contributed by atoms with Crippen LogP contribution in [0.5, 0.6) is 0 Å². The Bertz CT molecular complexity index is 991. The first kappa shape index (κ1) is 19.9. The maximum absolute atomic E-state index is 13.2. The lowest BCUT2D eigenvalue weighted by molar-refractivity contribution is -0.137. The number of hydrogen-bond acceptors (Lipinski definition) is 3. The molecular formula is C22H24F3N3O. The zero-order chi connectivity index (χ0) is 20.4. The number of aromatic nitrogens is 2. The highest BCUT2D eigenvalue weighted by molar-refractivity contribution is 5.81. The molecule has 0 amide bonds. The van der Waals surface area contributed by atoms with Crippen molar-refractivity contribution in [2.24, 2.45) is 0 Å². The lowest BCUT2D eigenvalue weighted by Crippen LogP contribution is -2.37. The smallest absolute Gasteiger partial charge is 0.379 e. The fourth-order valence-corrected chi connectivity index (χ4v) is 3.81. The van der Waals surface area contributed by atoms with Gasteiger partial charge in [-0.2, -0.15) is 13.2 Å². The number of ether oxygens (including phenoxy) is 1. The second kappa shape index (κ2) is 8.16. The molecule has 0 aliphatic carbocycles. The van der Waals surface area contributed by atoms with Gasteiger partial charge in [-0.3, -0.25) is 4.90 Å². The van der Waals surface area contributed by atoms with Crippen molar-refractivity contribution in [1.29, 1.82) is 0 Å². The highest BCUT2D eigenvalue weighted by atomic mass is 19.4. The first-order chi connectivity index (χ1) is 13.9. The van der Waals surface area contributed by atoms with E-state index in [1.54, 1.807) is 6.07 Å². The minimum atomic E-state index is -4.38. The summed E-state index contributed by atoms with van der Waals surface area (Å²) in [5.41, 5.74) is 2.45. The third kappa shape index (κ3) is 4.46. The molecule has 0 bridgehead atoms. The molecule has 1 aromatic heterocycles. The molecule has 4 nitrogen and oxygen atoms in total. The first-order valence-corrected chi connectivity index (χ1v) is 9.86. The molecule has 0 radical (unpaired) electrons. The van der Waals surface area contributed by atoms with Crippen LogP contribution in [0.1, 0.15) is 17.5 Å². The van der Waals surface area contributed by atoms with Crippen molar-refractivity contribution in [3.63, 3.8) is 0 Å². The van der Waals surface area contributed by atoms with Crippen LogP contribution >= 0.6 is 0 Å². The Morgan fingerprint density at radius 1 is 1.03 bits per heavy atom. The Morgan fingerprint density at radius 2 is 1.83 bits per heavy atom. The van der Waals surface area contributed by atoms with Gasteiger partial charge in [0.25, 0.3) is 0 Å². The van der Waals surface area contributed by atoms with Gasteiger partial charge in [0.15, 0.2) is 0 Å². The lowest BCUT2D eigenvalue weighted by Gasteiger charge is -2.26. The van der Waals surface area contributed by atoms with Crippen LogP contribution < -0.4 is 0 Å².